The van der Waals surface area contributed by atoms with Crippen LogP contribution in [-0.4, -0.2) is 45.7 Å². The van der Waals surface area contributed by atoms with Gasteiger partial charge in [-0.15, -0.1) is 11.3 Å². The summed E-state index contributed by atoms with van der Waals surface area (Å²) in [6.45, 7) is 2.10. The quantitative estimate of drug-likeness (QED) is 0.269. The second-order valence-corrected chi connectivity index (χ2v) is 11.0. The number of piperidine rings is 1. The van der Waals surface area contributed by atoms with Crippen molar-refractivity contribution in [1.29, 1.82) is 0 Å². The molecule has 1 aliphatic rings. The lowest BCUT2D eigenvalue weighted by Crippen LogP contribution is -2.29. The average molecular weight is 574 g/mol. The Bertz CT molecular complexity index is 1800. The van der Waals surface area contributed by atoms with Crippen LogP contribution in [0.5, 0.6) is 11.5 Å². The Kier molecular flexibility index (Phi) is 7.29. The van der Waals surface area contributed by atoms with Gasteiger partial charge in [-0.3, -0.25) is 14.6 Å². The van der Waals surface area contributed by atoms with Crippen LogP contribution in [0.4, 0.5) is 14.5 Å². The van der Waals surface area contributed by atoms with Gasteiger partial charge in [0.15, 0.2) is 11.6 Å². The molecular weight excluding hydrogens is 548 g/mol. The number of carbonyl (C=O) groups is 1. The first kappa shape index (κ1) is 26.7. The Morgan fingerprint density at radius 2 is 1.78 bits per heavy atom. The molecule has 6 rings (SSSR count). The van der Waals surface area contributed by atoms with E-state index < -0.39 is 23.1 Å². The Balaban J connectivity index is 1.19. The van der Waals surface area contributed by atoms with Crippen molar-refractivity contribution < 1.29 is 18.3 Å². The second-order valence-electron chi connectivity index (χ2n) is 9.89. The third-order valence-electron chi connectivity index (χ3n) is 7.09. The summed E-state index contributed by atoms with van der Waals surface area (Å²) in [6.07, 6.45) is 5.10. The minimum absolute atomic E-state index is 0.00711. The molecule has 2 aromatic carbocycles. The number of rotatable bonds is 6. The Morgan fingerprint density at radius 1 is 1.00 bits per heavy atom. The van der Waals surface area contributed by atoms with Crippen LogP contribution >= 0.6 is 11.3 Å². The van der Waals surface area contributed by atoms with Crippen LogP contribution in [-0.2, 0) is 0 Å². The predicted octanol–water partition coefficient (Wildman–Crippen LogP) is 5.97. The van der Waals surface area contributed by atoms with E-state index in [4.69, 9.17) is 4.74 Å². The summed E-state index contributed by atoms with van der Waals surface area (Å²) in [4.78, 5) is 33.8. The number of nitrogens with zero attached hydrogens (tertiary/aromatic N) is 4. The fourth-order valence-electron chi connectivity index (χ4n) is 4.84. The van der Waals surface area contributed by atoms with Crippen molar-refractivity contribution in [3.63, 3.8) is 0 Å². The molecule has 0 atom stereocenters. The first-order valence-electron chi connectivity index (χ1n) is 13.1. The van der Waals surface area contributed by atoms with Crippen LogP contribution in [0.2, 0.25) is 0 Å². The van der Waals surface area contributed by atoms with E-state index in [9.17, 15) is 14.0 Å². The first-order chi connectivity index (χ1) is 19.9. The highest BCUT2D eigenvalue weighted by atomic mass is 32.1. The molecule has 1 N–H and O–H groups in total. The van der Waals surface area contributed by atoms with Crippen LogP contribution in [0, 0.1) is 11.6 Å². The SMILES string of the molecule is CN1CCC(c2cc3nccc(Oc4ccc(NC(=O)c5ccnn(-c6ccc(F)cc6)c5=O)cc4F)c3s2)CC1. The minimum Gasteiger partial charge on any atom is -0.453 e. The third kappa shape index (κ3) is 5.59. The molecule has 1 fully saturated rings. The van der Waals surface area contributed by atoms with E-state index in [-0.39, 0.29) is 17.0 Å². The molecule has 1 amide bonds. The maximum Gasteiger partial charge on any atom is 0.284 e. The Labute approximate surface area is 237 Å². The van der Waals surface area contributed by atoms with E-state index in [2.05, 4.69) is 33.4 Å². The van der Waals surface area contributed by atoms with Gasteiger partial charge >= 0.3 is 0 Å². The molecule has 0 aliphatic carbocycles. The highest BCUT2D eigenvalue weighted by Crippen LogP contribution is 2.40. The number of nitrogens with one attached hydrogen (secondary N) is 1. The van der Waals surface area contributed by atoms with E-state index >= 15 is 4.39 Å². The molecule has 11 heteroatoms. The minimum atomic E-state index is -0.739. The topological polar surface area (TPSA) is 89.3 Å². The lowest BCUT2D eigenvalue weighted by atomic mass is 9.95. The van der Waals surface area contributed by atoms with E-state index in [0.717, 1.165) is 46.9 Å². The summed E-state index contributed by atoms with van der Waals surface area (Å²) in [5, 5.41) is 6.51. The Hall–Kier alpha value is -4.48. The standard InChI is InChI=1S/C30H25F2N5O3S/c1-36-14-10-18(11-15-36)27-17-24-28(41-27)26(9-12-33-24)40-25-7-4-20(16-23(25)32)35-29(38)22-8-13-34-37(30(22)39)21-5-2-19(31)3-6-21/h2-9,12-13,16-18H,10-11,14-15H2,1H3,(H,35,38). The molecule has 208 valence electrons. The number of halogens is 2. The molecule has 0 radical (unpaired) electrons. The summed E-state index contributed by atoms with van der Waals surface area (Å²) in [6, 6.07) is 14.2. The summed E-state index contributed by atoms with van der Waals surface area (Å²) in [5.41, 5.74) is 0.351. The first-order valence-corrected chi connectivity index (χ1v) is 13.9. The zero-order valence-electron chi connectivity index (χ0n) is 22.0. The molecule has 0 bridgehead atoms. The zero-order chi connectivity index (χ0) is 28.5. The number of likely N-dealkylation sites (tertiary alicyclic amines) is 1. The van der Waals surface area contributed by atoms with Crippen molar-refractivity contribution in [2.24, 2.45) is 0 Å². The number of amides is 1. The molecule has 5 aromatic rings. The van der Waals surface area contributed by atoms with E-state index in [1.807, 2.05) is 0 Å². The molecule has 0 spiro atoms. The number of thiophene rings is 1. The molecule has 8 nitrogen and oxygen atoms in total. The highest BCUT2D eigenvalue weighted by molar-refractivity contribution is 7.19. The summed E-state index contributed by atoms with van der Waals surface area (Å²) in [5.74, 6) is -0.916. The van der Waals surface area contributed by atoms with Crippen molar-refractivity contribution in [1.82, 2.24) is 19.7 Å². The lowest BCUT2D eigenvalue weighted by molar-refractivity contribution is 0.102. The molecule has 4 heterocycles. The lowest BCUT2D eigenvalue weighted by Gasteiger charge is -2.28. The maximum atomic E-state index is 15.1. The van der Waals surface area contributed by atoms with Gasteiger partial charge < -0.3 is 15.0 Å². The number of benzene rings is 2. The second kappa shape index (κ2) is 11.2. The molecule has 1 aliphatic heterocycles. The number of ether oxygens (including phenoxy) is 1. The zero-order valence-corrected chi connectivity index (χ0v) is 22.8. The fourth-order valence-corrected chi connectivity index (χ4v) is 6.07. The smallest absolute Gasteiger partial charge is 0.284 e. The van der Waals surface area contributed by atoms with Crippen molar-refractivity contribution in [2.45, 2.75) is 18.8 Å². The molecule has 41 heavy (non-hydrogen) atoms. The van der Waals surface area contributed by atoms with Crippen molar-refractivity contribution >= 4 is 33.1 Å². The molecule has 3 aromatic heterocycles. The van der Waals surface area contributed by atoms with Crippen LogP contribution in [0.3, 0.4) is 0 Å². The van der Waals surface area contributed by atoms with Crippen LogP contribution in [0.15, 0.2) is 77.9 Å². The van der Waals surface area contributed by atoms with Gasteiger partial charge in [0.25, 0.3) is 11.5 Å². The number of anilines is 1. The Morgan fingerprint density at radius 3 is 2.54 bits per heavy atom. The van der Waals surface area contributed by atoms with Gasteiger partial charge in [0.1, 0.15) is 17.1 Å². The van der Waals surface area contributed by atoms with Crippen LogP contribution < -0.4 is 15.6 Å². The van der Waals surface area contributed by atoms with E-state index in [1.165, 1.54) is 53.5 Å². The van der Waals surface area contributed by atoms with Crippen molar-refractivity contribution in [2.75, 3.05) is 25.5 Å². The van der Waals surface area contributed by atoms with Gasteiger partial charge in [-0.1, -0.05) is 0 Å². The number of fused-ring (bicyclic) bond motifs is 1. The van der Waals surface area contributed by atoms with Gasteiger partial charge in [-0.2, -0.15) is 9.78 Å². The number of carbonyl (C=O) groups excluding carboxylic acids is 1. The molecular formula is C30H25F2N5O3S. The summed E-state index contributed by atoms with van der Waals surface area (Å²) >= 11 is 1.63. The van der Waals surface area contributed by atoms with Gasteiger partial charge in [0.2, 0.25) is 0 Å². The predicted molar refractivity (Wildman–Crippen MR) is 153 cm³/mol. The number of pyridine rings is 1. The van der Waals surface area contributed by atoms with Gasteiger partial charge in [0, 0.05) is 35.1 Å². The fraction of sp³-hybridized carbons (Fsp3) is 0.200. The van der Waals surface area contributed by atoms with Gasteiger partial charge in [-0.05, 0) is 87.4 Å². The summed E-state index contributed by atoms with van der Waals surface area (Å²) < 4.78 is 36.2. The monoisotopic (exact) mass is 573 g/mol. The van der Waals surface area contributed by atoms with Gasteiger partial charge in [0.05, 0.1) is 15.9 Å². The largest absolute Gasteiger partial charge is 0.453 e. The van der Waals surface area contributed by atoms with E-state index in [0.29, 0.717) is 17.4 Å². The molecule has 0 unspecified atom stereocenters. The maximum absolute atomic E-state index is 15.1. The van der Waals surface area contributed by atoms with Crippen LogP contribution in [0.1, 0.15) is 34.0 Å². The summed E-state index contributed by atoms with van der Waals surface area (Å²) in [7, 11) is 2.13. The number of aromatic nitrogens is 3. The number of hydrogen-bond acceptors (Lipinski definition) is 7. The van der Waals surface area contributed by atoms with Gasteiger partial charge in [-0.25, -0.2) is 8.78 Å². The normalized spacial score (nSPS) is 14.3. The van der Waals surface area contributed by atoms with Crippen molar-refractivity contribution in [3.05, 3.63) is 105 Å². The molecule has 0 saturated carbocycles. The average Bonchev–Trinajstić information content (AvgIpc) is 3.41. The third-order valence-corrected chi connectivity index (χ3v) is 8.39. The highest BCUT2D eigenvalue weighted by Gasteiger charge is 2.22. The number of hydrogen-bond donors (Lipinski definition) is 1. The van der Waals surface area contributed by atoms with E-state index in [1.54, 1.807) is 23.6 Å². The van der Waals surface area contributed by atoms with Crippen molar-refractivity contribution in [3.8, 4) is 17.2 Å². The molecule has 1 saturated heterocycles. The van der Waals surface area contributed by atoms with Crippen LogP contribution in [0.25, 0.3) is 15.9 Å².